The molecule has 0 saturated heterocycles. The Hall–Kier alpha value is -1.11. The van der Waals surface area contributed by atoms with Gasteiger partial charge in [0.25, 0.3) is 0 Å². The molecule has 0 aliphatic carbocycles. The number of rotatable bonds is 9. The Kier molecular flexibility index (Phi) is 6.98. The first-order chi connectivity index (χ1) is 9.57. The molecule has 114 valence electrons. The Balaban J connectivity index is 3.06. The number of nitrogens with one attached hydrogen (secondary N) is 1. The van der Waals surface area contributed by atoms with Gasteiger partial charge in [-0.25, -0.2) is 8.42 Å². The fourth-order valence-corrected chi connectivity index (χ4v) is 3.48. The van der Waals surface area contributed by atoms with Crippen LogP contribution >= 0.6 is 0 Å². The summed E-state index contributed by atoms with van der Waals surface area (Å²) in [7, 11) is -1.93. The second-order valence-corrected chi connectivity index (χ2v) is 6.32. The normalized spacial score (nSPS) is 11.8. The molecule has 0 bridgehead atoms. The van der Waals surface area contributed by atoms with Crippen LogP contribution in [-0.2, 0) is 14.8 Å². The third kappa shape index (κ3) is 4.19. The van der Waals surface area contributed by atoms with Crippen molar-refractivity contribution in [3.63, 3.8) is 0 Å². The van der Waals surface area contributed by atoms with Crippen LogP contribution < -0.4 is 5.32 Å². The van der Waals surface area contributed by atoms with Gasteiger partial charge in [0.1, 0.15) is 4.90 Å². The first-order valence-corrected chi connectivity index (χ1v) is 8.33. The van der Waals surface area contributed by atoms with Crippen LogP contribution in [0, 0.1) is 0 Å². The maximum atomic E-state index is 12.7. The largest absolute Gasteiger partial charge is 0.384 e. The van der Waals surface area contributed by atoms with Crippen LogP contribution in [0.15, 0.2) is 29.2 Å². The highest BCUT2D eigenvalue weighted by molar-refractivity contribution is 7.89. The van der Waals surface area contributed by atoms with Crippen molar-refractivity contribution in [2.24, 2.45) is 0 Å². The van der Waals surface area contributed by atoms with E-state index in [1.54, 1.807) is 25.3 Å². The van der Waals surface area contributed by atoms with Gasteiger partial charge in [-0.2, -0.15) is 4.31 Å². The minimum absolute atomic E-state index is 0.325. The highest BCUT2D eigenvalue weighted by Gasteiger charge is 2.25. The van der Waals surface area contributed by atoms with Crippen molar-refractivity contribution in [2.75, 3.05) is 38.7 Å². The van der Waals surface area contributed by atoms with E-state index >= 15 is 0 Å². The van der Waals surface area contributed by atoms with E-state index in [9.17, 15) is 8.42 Å². The number of likely N-dealkylation sites (N-methyl/N-ethyl adjacent to an activating group) is 1. The lowest BCUT2D eigenvalue weighted by molar-refractivity contribution is 0.180. The van der Waals surface area contributed by atoms with Gasteiger partial charge in [-0.1, -0.05) is 26.0 Å². The Bertz CT molecular complexity index is 503. The Labute approximate surface area is 122 Å². The molecule has 0 fully saturated rings. The lowest BCUT2D eigenvalue weighted by atomic mass is 10.3. The molecule has 0 aliphatic rings. The molecule has 1 aromatic rings. The smallest absolute Gasteiger partial charge is 0.245 e. The number of anilines is 1. The number of benzene rings is 1. The average Bonchev–Trinajstić information content (AvgIpc) is 2.46. The standard InChI is InChI=1S/C14H24N2O3S/c1-4-10-15-13-8-6-7-9-14(13)20(17,18)16(5-2)11-12-19-3/h6-9,15H,4-5,10-12H2,1-3H3. The van der Waals surface area contributed by atoms with Gasteiger partial charge < -0.3 is 10.1 Å². The number of ether oxygens (including phenoxy) is 1. The second kappa shape index (κ2) is 8.24. The maximum absolute atomic E-state index is 12.7. The maximum Gasteiger partial charge on any atom is 0.245 e. The van der Waals surface area contributed by atoms with Crippen LogP contribution in [0.25, 0.3) is 0 Å². The van der Waals surface area contributed by atoms with Crippen molar-refractivity contribution < 1.29 is 13.2 Å². The van der Waals surface area contributed by atoms with E-state index in [4.69, 9.17) is 4.74 Å². The number of hydrogen-bond acceptors (Lipinski definition) is 4. The zero-order valence-corrected chi connectivity index (χ0v) is 13.2. The van der Waals surface area contributed by atoms with Gasteiger partial charge in [-0.3, -0.25) is 0 Å². The second-order valence-electron chi connectivity index (χ2n) is 4.41. The first kappa shape index (κ1) is 16.9. The van der Waals surface area contributed by atoms with Crippen LogP contribution in [0.2, 0.25) is 0 Å². The van der Waals surface area contributed by atoms with Gasteiger partial charge >= 0.3 is 0 Å². The lowest BCUT2D eigenvalue weighted by Crippen LogP contribution is -2.34. The summed E-state index contributed by atoms with van der Waals surface area (Å²) in [6.45, 7) is 5.79. The number of para-hydroxylation sites is 1. The molecule has 0 unspecified atom stereocenters. The summed E-state index contributed by atoms with van der Waals surface area (Å²) in [6, 6.07) is 7.02. The summed E-state index contributed by atoms with van der Waals surface area (Å²) in [4.78, 5) is 0.325. The number of nitrogens with zero attached hydrogens (tertiary/aromatic N) is 1. The van der Waals surface area contributed by atoms with Crippen molar-refractivity contribution >= 4 is 15.7 Å². The molecule has 0 radical (unpaired) electrons. The van der Waals surface area contributed by atoms with E-state index in [2.05, 4.69) is 5.32 Å². The predicted octanol–water partition coefficient (Wildman–Crippen LogP) is 2.17. The van der Waals surface area contributed by atoms with E-state index in [1.807, 2.05) is 19.9 Å². The summed E-state index contributed by atoms with van der Waals surface area (Å²) in [6.07, 6.45) is 0.940. The van der Waals surface area contributed by atoms with Gasteiger partial charge in [0.05, 0.1) is 12.3 Å². The molecule has 0 atom stereocenters. The molecule has 0 aromatic heterocycles. The third-order valence-electron chi connectivity index (χ3n) is 2.97. The van der Waals surface area contributed by atoms with Crippen molar-refractivity contribution in [1.29, 1.82) is 0 Å². The molecule has 0 amide bonds. The zero-order chi connectivity index (χ0) is 15.0. The fraction of sp³-hybridized carbons (Fsp3) is 0.571. The number of hydrogen-bond donors (Lipinski definition) is 1. The molecule has 20 heavy (non-hydrogen) atoms. The minimum Gasteiger partial charge on any atom is -0.384 e. The van der Waals surface area contributed by atoms with Gasteiger partial charge in [-0.15, -0.1) is 0 Å². The van der Waals surface area contributed by atoms with E-state index < -0.39 is 10.0 Å². The summed E-state index contributed by atoms with van der Waals surface area (Å²) in [5.41, 5.74) is 0.658. The molecule has 0 saturated carbocycles. The van der Waals surface area contributed by atoms with E-state index in [-0.39, 0.29) is 0 Å². The fourth-order valence-electron chi connectivity index (χ4n) is 1.88. The molecule has 6 heteroatoms. The number of sulfonamides is 1. The molecule has 1 aromatic carbocycles. The summed E-state index contributed by atoms with van der Waals surface area (Å²) in [5.74, 6) is 0. The molecule has 0 aliphatic heterocycles. The zero-order valence-electron chi connectivity index (χ0n) is 12.4. The highest BCUT2D eigenvalue weighted by atomic mass is 32.2. The van der Waals surface area contributed by atoms with Gasteiger partial charge in [0.15, 0.2) is 0 Å². The monoisotopic (exact) mass is 300 g/mol. The van der Waals surface area contributed by atoms with Gasteiger partial charge in [0, 0.05) is 26.7 Å². The molecule has 0 spiro atoms. The molecular weight excluding hydrogens is 276 g/mol. The predicted molar refractivity (Wildman–Crippen MR) is 81.5 cm³/mol. The Morgan fingerprint density at radius 3 is 2.55 bits per heavy atom. The minimum atomic E-state index is -3.49. The highest BCUT2D eigenvalue weighted by Crippen LogP contribution is 2.24. The summed E-state index contributed by atoms with van der Waals surface area (Å²) in [5, 5.41) is 3.17. The van der Waals surface area contributed by atoms with Crippen LogP contribution in [0.1, 0.15) is 20.3 Å². The third-order valence-corrected chi connectivity index (χ3v) is 5.00. The van der Waals surface area contributed by atoms with Crippen LogP contribution in [0.4, 0.5) is 5.69 Å². The topological polar surface area (TPSA) is 58.6 Å². The van der Waals surface area contributed by atoms with Crippen LogP contribution in [0.5, 0.6) is 0 Å². The molecule has 5 nitrogen and oxygen atoms in total. The van der Waals surface area contributed by atoms with E-state index in [1.165, 1.54) is 4.31 Å². The van der Waals surface area contributed by atoms with Crippen molar-refractivity contribution in [3.05, 3.63) is 24.3 Å². The van der Waals surface area contributed by atoms with Crippen molar-refractivity contribution in [3.8, 4) is 0 Å². The van der Waals surface area contributed by atoms with Crippen molar-refractivity contribution in [1.82, 2.24) is 4.31 Å². The first-order valence-electron chi connectivity index (χ1n) is 6.89. The van der Waals surface area contributed by atoms with Gasteiger partial charge in [0.2, 0.25) is 10.0 Å². The van der Waals surface area contributed by atoms with E-state index in [0.29, 0.717) is 30.3 Å². The molecule has 1 N–H and O–H groups in total. The molecular formula is C14H24N2O3S. The van der Waals surface area contributed by atoms with Crippen LogP contribution in [-0.4, -0.2) is 46.1 Å². The average molecular weight is 300 g/mol. The molecule has 0 heterocycles. The SMILES string of the molecule is CCCNc1ccccc1S(=O)(=O)N(CC)CCOC. The van der Waals surface area contributed by atoms with Gasteiger partial charge in [-0.05, 0) is 18.6 Å². The Morgan fingerprint density at radius 2 is 1.95 bits per heavy atom. The van der Waals surface area contributed by atoms with Crippen LogP contribution in [0.3, 0.4) is 0 Å². The van der Waals surface area contributed by atoms with E-state index in [0.717, 1.165) is 13.0 Å². The summed E-state index contributed by atoms with van der Waals surface area (Å²) < 4.78 is 31.8. The molecule has 1 rings (SSSR count). The number of methoxy groups -OCH3 is 1. The summed E-state index contributed by atoms with van der Waals surface area (Å²) >= 11 is 0. The van der Waals surface area contributed by atoms with Crippen molar-refractivity contribution in [2.45, 2.75) is 25.2 Å². The lowest BCUT2D eigenvalue weighted by Gasteiger charge is -2.22. The quantitative estimate of drug-likeness (QED) is 0.759. The Morgan fingerprint density at radius 1 is 1.25 bits per heavy atom.